The molecule has 1 aliphatic carbocycles. The van der Waals surface area contributed by atoms with Gasteiger partial charge < -0.3 is 14.8 Å². The Kier molecular flexibility index (Phi) is 4.51. The van der Waals surface area contributed by atoms with Gasteiger partial charge >= 0.3 is 12.0 Å². The normalized spacial score (nSPS) is 35.2. The van der Waals surface area contributed by atoms with E-state index in [1.807, 2.05) is 13.8 Å². The lowest BCUT2D eigenvalue weighted by atomic mass is 9.67. The van der Waals surface area contributed by atoms with Crippen LogP contribution in [0.3, 0.4) is 0 Å². The zero-order valence-corrected chi connectivity index (χ0v) is 15.3. The number of imide groups is 1. The molecular weight excluding hydrogens is 324 g/mol. The van der Waals surface area contributed by atoms with Gasteiger partial charge in [-0.3, -0.25) is 9.69 Å². The summed E-state index contributed by atoms with van der Waals surface area (Å²) < 4.78 is 10.4. The number of hydrogen-bond acceptors (Lipinski definition) is 5. The number of nitrogens with zero attached hydrogens (tertiary/aromatic N) is 1. The Labute approximate surface area is 147 Å². The van der Waals surface area contributed by atoms with Gasteiger partial charge in [-0.25, -0.2) is 9.59 Å². The molecular formula is C18H26N2O5. The second-order valence-electron chi connectivity index (χ2n) is 7.42. The Morgan fingerprint density at radius 2 is 1.96 bits per heavy atom. The summed E-state index contributed by atoms with van der Waals surface area (Å²) in [5.74, 6) is 0.117. The van der Waals surface area contributed by atoms with Crippen LogP contribution in [0.15, 0.2) is 11.3 Å². The number of methoxy groups -OCH3 is 1. The van der Waals surface area contributed by atoms with Crippen molar-refractivity contribution in [2.75, 3.05) is 13.7 Å². The van der Waals surface area contributed by atoms with E-state index in [1.54, 1.807) is 6.92 Å². The zero-order valence-electron chi connectivity index (χ0n) is 15.3. The van der Waals surface area contributed by atoms with Crippen molar-refractivity contribution >= 4 is 17.9 Å². The number of hydrogen-bond donors (Lipinski definition) is 1. The molecule has 3 aliphatic rings. The second-order valence-corrected chi connectivity index (χ2v) is 7.42. The average molecular weight is 350 g/mol. The predicted octanol–water partition coefficient (Wildman–Crippen LogP) is 1.97. The van der Waals surface area contributed by atoms with E-state index in [2.05, 4.69) is 5.32 Å². The average Bonchev–Trinajstić information content (AvgIpc) is 3.05. The van der Waals surface area contributed by atoms with Crippen LogP contribution in [0.5, 0.6) is 0 Å². The predicted molar refractivity (Wildman–Crippen MR) is 89.4 cm³/mol. The number of carbonyl (C=O) groups is 3. The molecule has 0 aromatic carbocycles. The monoisotopic (exact) mass is 350 g/mol. The van der Waals surface area contributed by atoms with Gasteiger partial charge in [-0.2, -0.15) is 0 Å². The van der Waals surface area contributed by atoms with Crippen molar-refractivity contribution in [2.24, 2.45) is 11.8 Å². The van der Waals surface area contributed by atoms with Gasteiger partial charge in [-0.05, 0) is 31.6 Å². The first kappa shape index (κ1) is 17.8. The van der Waals surface area contributed by atoms with E-state index < -0.39 is 17.6 Å². The Morgan fingerprint density at radius 3 is 2.56 bits per heavy atom. The third-order valence-corrected chi connectivity index (χ3v) is 6.01. The van der Waals surface area contributed by atoms with Crippen molar-refractivity contribution in [1.82, 2.24) is 10.2 Å². The highest BCUT2D eigenvalue weighted by Gasteiger charge is 2.58. The molecule has 1 N–H and O–H groups in total. The van der Waals surface area contributed by atoms with Gasteiger partial charge in [-0.1, -0.05) is 20.3 Å². The van der Waals surface area contributed by atoms with Gasteiger partial charge in [0.15, 0.2) is 0 Å². The lowest BCUT2D eigenvalue weighted by Crippen LogP contribution is -2.59. The number of amides is 3. The molecule has 2 aliphatic heterocycles. The summed E-state index contributed by atoms with van der Waals surface area (Å²) in [5, 5.41) is 2.98. The number of allylic oxidation sites excluding steroid dienone is 1. The minimum absolute atomic E-state index is 0.104. The third-order valence-electron chi connectivity index (χ3n) is 6.01. The molecule has 0 radical (unpaired) electrons. The number of ether oxygens (including phenoxy) is 2. The summed E-state index contributed by atoms with van der Waals surface area (Å²) in [6, 6.07) is -0.363. The summed E-state index contributed by atoms with van der Waals surface area (Å²) >= 11 is 0. The molecule has 138 valence electrons. The molecule has 2 heterocycles. The molecule has 1 unspecified atom stereocenters. The highest BCUT2D eigenvalue weighted by Crippen LogP contribution is 2.42. The smallest absolute Gasteiger partial charge is 0.337 e. The lowest BCUT2D eigenvalue weighted by molar-refractivity contribution is -0.137. The maximum Gasteiger partial charge on any atom is 0.337 e. The van der Waals surface area contributed by atoms with E-state index in [4.69, 9.17) is 9.47 Å². The molecule has 3 rings (SSSR count). The summed E-state index contributed by atoms with van der Waals surface area (Å²) in [7, 11) is 1.32. The number of carbonyl (C=O) groups excluding carboxylic acids is 3. The van der Waals surface area contributed by atoms with Crippen molar-refractivity contribution in [3.8, 4) is 0 Å². The molecule has 4 atom stereocenters. The van der Waals surface area contributed by atoms with Crippen molar-refractivity contribution in [2.45, 2.75) is 58.1 Å². The topological polar surface area (TPSA) is 84.9 Å². The summed E-state index contributed by atoms with van der Waals surface area (Å²) in [5.41, 5.74) is -0.338. The fraction of sp³-hybridized carbons (Fsp3) is 0.722. The van der Waals surface area contributed by atoms with Crippen LogP contribution >= 0.6 is 0 Å². The van der Waals surface area contributed by atoms with Crippen molar-refractivity contribution in [1.29, 1.82) is 0 Å². The Hall–Kier alpha value is -2.05. The van der Waals surface area contributed by atoms with Crippen LogP contribution in [0.25, 0.3) is 0 Å². The van der Waals surface area contributed by atoms with Crippen molar-refractivity contribution < 1.29 is 23.9 Å². The number of rotatable bonds is 3. The number of urea groups is 1. The molecule has 7 heteroatoms. The first-order chi connectivity index (χ1) is 11.8. The van der Waals surface area contributed by atoms with Crippen LogP contribution in [0.2, 0.25) is 0 Å². The van der Waals surface area contributed by atoms with Crippen molar-refractivity contribution in [3.05, 3.63) is 11.3 Å². The van der Waals surface area contributed by atoms with E-state index in [0.29, 0.717) is 17.8 Å². The van der Waals surface area contributed by atoms with Gasteiger partial charge in [0.1, 0.15) is 17.4 Å². The number of esters is 1. The van der Waals surface area contributed by atoms with Gasteiger partial charge in [0.2, 0.25) is 0 Å². The largest absolute Gasteiger partial charge is 0.492 e. The first-order valence-electron chi connectivity index (χ1n) is 8.90. The fourth-order valence-corrected chi connectivity index (χ4v) is 4.51. The maximum absolute atomic E-state index is 13.1. The van der Waals surface area contributed by atoms with Gasteiger partial charge in [0.05, 0.1) is 19.2 Å². The molecule has 0 aromatic rings. The molecule has 1 spiro atoms. The highest BCUT2D eigenvalue weighted by atomic mass is 16.5. The van der Waals surface area contributed by atoms with E-state index in [1.165, 1.54) is 12.0 Å². The summed E-state index contributed by atoms with van der Waals surface area (Å²) in [6.07, 6.45) is 2.86. The van der Waals surface area contributed by atoms with Gasteiger partial charge in [0, 0.05) is 6.42 Å². The fourth-order valence-electron chi connectivity index (χ4n) is 4.51. The van der Waals surface area contributed by atoms with Crippen LogP contribution in [0.1, 0.15) is 46.5 Å². The molecule has 1 saturated heterocycles. The molecule has 7 nitrogen and oxygen atoms in total. The summed E-state index contributed by atoms with van der Waals surface area (Å²) in [4.78, 5) is 38.7. The van der Waals surface area contributed by atoms with Crippen LogP contribution in [0, 0.1) is 11.8 Å². The van der Waals surface area contributed by atoms with Crippen LogP contribution < -0.4 is 5.32 Å². The van der Waals surface area contributed by atoms with Gasteiger partial charge in [-0.15, -0.1) is 0 Å². The van der Waals surface area contributed by atoms with Crippen LogP contribution in [-0.2, 0) is 19.1 Å². The summed E-state index contributed by atoms with van der Waals surface area (Å²) in [6.45, 7) is 5.91. The van der Waals surface area contributed by atoms with Crippen LogP contribution in [-0.4, -0.2) is 48.1 Å². The standard InChI is InChI=1S/C18H26N2O5/c1-10-6-5-7-11(2)18(10)16(22)20(17(23)19-18)9-13-8-14(12(3)25-13)15(21)24-4/h10-11,13H,5-9H2,1-4H3,(H,19,23)/t10-,11+,13-,18?/m0/s1. The molecule has 3 amide bonds. The Morgan fingerprint density at radius 1 is 1.32 bits per heavy atom. The molecule has 1 saturated carbocycles. The van der Waals surface area contributed by atoms with Crippen molar-refractivity contribution in [3.63, 3.8) is 0 Å². The Bertz CT molecular complexity index is 631. The van der Waals surface area contributed by atoms with Crippen LogP contribution in [0.4, 0.5) is 4.79 Å². The zero-order chi connectivity index (χ0) is 18.4. The van der Waals surface area contributed by atoms with E-state index in [9.17, 15) is 14.4 Å². The molecule has 0 bridgehead atoms. The SMILES string of the molecule is COC(=O)C1=C(C)O[C@H](CN2C(=O)NC3(C2=O)[C@H](C)CCC[C@@H]3C)C1. The minimum atomic E-state index is -0.804. The quantitative estimate of drug-likeness (QED) is 0.621. The third kappa shape index (κ3) is 2.69. The second kappa shape index (κ2) is 6.35. The minimum Gasteiger partial charge on any atom is -0.492 e. The van der Waals surface area contributed by atoms with Gasteiger partial charge in [0.25, 0.3) is 5.91 Å². The highest BCUT2D eigenvalue weighted by molar-refractivity contribution is 6.07. The van der Waals surface area contributed by atoms with E-state index in [-0.39, 0.29) is 30.3 Å². The maximum atomic E-state index is 13.1. The molecule has 0 aromatic heterocycles. The molecule has 2 fully saturated rings. The first-order valence-corrected chi connectivity index (χ1v) is 8.90. The van der Waals surface area contributed by atoms with E-state index >= 15 is 0 Å². The lowest BCUT2D eigenvalue weighted by Gasteiger charge is -2.42. The van der Waals surface area contributed by atoms with E-state index in [0.717, 1.165) is 19.3 Å². The molecule has 25 heavy (non-hydrogen) atoms. The Balaban J connectivity index is 1.74. The number of nitrogens with one attached hydrogen (secondary N) is 1.